The highest BCUT2D eigenvalue weighted by Crippen LogP contribution is 2.43. The monoisotopic (exact) mass is 431 g/mol. The van der Waals surface area contributed by atoms with Gasteiger partial charge in [0.25, 0.3) is 0 Å². The van der Waals surface area contributed by atoms with Crippen molar-refractivity contribution in [2.24, 2.45) is 5.92 Å². The fraction of sp³-hybridized carbons (Fsp3) is 0.520. The van der Waals surface area contributed by atoms with E-state index in [1.807, 2.05) is 36.4 Å². The first kappa shape index (κ1) is 23.1. The molecule has 1 heterocycles. The highest BCUT2D eigenvalue weighted by Gasteiger charge is 2.40. The van der Waals surface area contributed by atoms with Crippen LogP contribution in [0.1, 0.15) is 43.7 Å². The largest absolute Gasteiger partial charge is 0.497 e. The summed E-state index contributed by atoms with van der Waals surface area (Å²) in [5.74, 6) is 1.21. The summed E-state index contributed by atoms with van der Waals surface area (Å²) in [6, 6.07) is 15.8. The second-order valence-corrected chi connectivity index (χ2v) is 9.04. The summed E-state index contributed by atoms with van der Waals surface area (Å²) in [4.78, 5) is 2.40. The van der Waals surface area contributed by atoms with Gasteiger partial charge in [-0.3, -0.25) is 4.90 Å². The van der Waals surface area contributed by atoms with Crippen LogP contribution in [0.3, 0.4) is 0 Å². The molecule has 0 radical (unpaired) electrons. The minimum Gasteiger partial charge on any atom is -0.497 e. The van der Waals surface area contributed by atoms with Gasteiger partial charge in [0.15, 0.2) is 0 Å². The number of ether oxygens (including phenoxy) is 2. The second-order valence-electron chi connectivity index (χ2n) is 8.60. The average molecular weight is 432 g/mol. The number of methoxy groups -OCH3 is 1. The van der Waals surface area contributed by atoms with Gasteiger partial charge in [-0.15, -0.1) is 0 Å². The molecule has 0 unspecified atom stereocenters. The Morgan fingerprint density at radius 3 is 2.27 bits per heavy atom. The number of halogens is 1. The van der Waals surface area contributed by atoms with Crippen LogP contribution in [0.15, 0.2) is 48.5 Å². The van der Waals surface area contributed by atoms with Crippen LogP contribution in [0.25, 0.3) is 0 Å². The van der Waals surface area contributed by atoms with Gasteiger partial charge in [-0.25, -0.2) is 0 Å². The number of rotatable bonds is 9. The fourth-order valence-corrected chi connectivity index (χ4v) is 4.30. The summed E-state index contributed by atoms with van der Waals surface area (Å²) in [6.45, 7) is 8.41. The van der Waals surface area contributed by atoms with Gasteiger partial charge in [0, 0.05) is 30.6 Å². The lowest BCUT2D eigenvalue weighted by Crippen LogP contribution is -2.45. The Hall–Kier alpha value is -1.59. The van der Waals surface area contributed by atoms with Crippen LogP contribution in [0.4, 0.5) is 0 Å². The Morgan fingerprint density at radius 2 is 1.70 bits per heavy atom. The first-order chi connectivity index (χ1) is 14.4. The van der Waals surface area contributed by atoms with E-state index in [9.17, 15) is 5.11 Å². The summed E-state index contributed by atoms with van der Waals surface area (Å²) in [5.41, 5.74) is 1.04. The van der Waals surface area contributed by atoms with Gasteiger partial charge in [-0.1, -0.05) is 49.7 Å². The van der Waals surface area contributed by atoms with Gasteiger partial charge < -0.3 is 14.6 Å². The molecule has 4 nitrogen and oxygen atoms in total. The number of morpholine rings is 1. The van der Waals surface area contributed by atoms with Crippen LogP contribution in [-0.4, -0.2) is 50.0 Å². The smallest absolute Gasteiger partial charge is 0.118 e. The SMILES string of the molecule is COc1ccc([C@](O)(CCC(C)C)[C@H](CN2CCOCC2)c2ccc(Cl)cc2)cc1. The molecular formula is C25H34ClNO3. The van der Waals surface area contributed by atoms with E-state index >= 15 is 0 Å². The van der Waals surface area contributed by atoms with Crippen LogP contribution in [0, 0.1) is 5.92 Å². The molecule has 5 heteroatoms. The molecule has 2 aromatic carbocycles. The Balaban J connectivity index is 2.02. The van der Waals surface area contributed by atoms with E-state index in [4.69, 9.17) is 21.1 Å². The summed E-state index contributed by atoms with van der Waals surface area (Å²) < 4.78 is 10.9. The van der Waals surface area contributed by atoms with Crippen molar-refractivity contribution in [3.63, 3.8) is 0 Å². The van der Waals surface area contributed by atoms with Gasteiger partial charge in [0.1, 0.15) is 5.75 Å². The van der Waals surface area contributed by atoms with E-state index in [2.05, 4.69) is 30.9 Å². The third-order valence-corrected chi connectivity index (χ3v) is 6.34. The van der Waals surface area contributed by atoms with E-state index in [0.29, 0.717) is 17.4 Å². The van der Waals surface area contributed by atoms with E-state index in [0.717, 1.165) is 56.1 Å². The molecule has 0 aromatic heterocycles. The van der Waals surface area contributed by atoms with Crippen molar-refractivity contribution in [2.45, 2.75) is 38.2 Å². The molecule has 0 saturated carbocycles. The van der Waals surface area contributed by atoms with Gasteiger partial charge in [-0.05, 0) is 54.2 Å². The standard InChI is InChI=1S/C25H34ClNO3/c1-19(2)12-13-25(28,21-6-10-23(29-3)11-7-21)24(18-27-14-16-30-17-15-27)20-4-8-22(26)9-5-20/h4-11,19,24,28H,12-18H2,1-3H3/t24-,25-/m1/s1. The summed E-state index contributed by atoms with van der Waals surface area (Å²) in [5, 5.41) is 13.0. The number of benzene rings is 2. The van der Waals surface area contributed by atoms with E-state index in [1.165, 1.54) is 0 Å². The minimum atomic E-state index is -0.997. The van der Waals surface area contributed by atoms with Gasteiger partial charge >= 0.3 is 0 Å². The zero-order valence-corrected chi connectivity index (χ0v) is 19.1. The number of nitrogens with zero attached hydrogens (tertiary/aromatic N) is 1. The minimum absolute atomic E-state index is 0.0833. The lowest BCUT2D eigenvalue weighted by molar-refractivity contribution is -0.0311. The lowest BCUT2D eigenvalue weighted by atomic mass is 9.73. The van der Waals surface area contributed by atoms with E-state index in [-0.39, 0.29) is 5.92 Å². The molecule has 2 atom stereocenters. The van der Waals surface area contributed by atoms with Crippen LogP contribution < -0.4 is 4.74 Å². The molecule has 1 N–H and O–H groups in total. The molecule has 1 aliphatic rings. The Morgan fingerprint density at radius 1 is 1.07 bits per heavy atom. The average Bonchev–Trinajstić information content (AvgIpc) is 2.77. The zero-order valence-electron chi connectivity index (χ0n) is 18.3. The lowest BCUT2D eigenvalue weighted by Gasteiger charge is -2.41. The quantitative estimate of drug-likeness (QED) is 0.600. The molecule has 0 amide bonds. The van der Waals surface area contributed by atoms with Crippen molar-refractivity contribution < 1.29 is 14.6 Å². The van der Waals surface area contributed by atoms with Crippen molar-refractivity contribution in [1.82, 2.24) is 4.90 Å². The van der Waals surface area contributed by atoms with E-state index < -0.39 is 5.60 Å². The maximum absolute atomic E-state index is 12.3. The molecule has 3 rings (SSSR count). The Bertz CT molecular complexity index is 772. The maximum Gasteiger partial charge on any atom is 0.118 e. The van der Waals surface area contributed by atoms with Crippen LogP contribution in [0.5, 0.6) is 5.75 Å². The molecule has 1 fully saturated rings. The molecule has 0 spiro atoms. The van der Waals surface area contributed by atoms with Crippen LogP contribution >= 0.6 is 11.6 Å². The maximum atomic E-state index is 12.3. The molecule has 2 aromatic rings. The zero-order chi connectivity index (χ0) is 21.6. The van der Waals surface area contributed by atoms with Crippen molar-refractivity contribution >= 4 is 11.6 Å². The summed E-state index contributed by atoms with van der Waals surface area (Å²) in [6.07, 6.45) is 1.63. The third-order valence-electron chi connectivity index (χ3n) is 6.09. The molecule has 0 aliphatic carbocycles. The highest BCUT2D eigenvalue weighted by atomic mass is 35.5. The third kappa shape index (κ3) is 5.76. The topological polar surface area (TPSA) is 41.9 Å². The van der Waals surface area contributed by atoms with Crippen molar-refractivity contribution in [3.8, 4) is 5.75 Å². The van der Waals surface area contributed by atoms with Crippen molar-refractivity contribution in [3.05, 3.63) is 64.7 Å². The van der Waals surface area contributed by atoms with E-state index in [1.54, 1.807) is 7.11 Å². The summed E-state index contributed by atoms with van der Waals surface area (Å²) in [7, 11) is 1.66. The Kier molecular flexibility index (Phi) is 8.18. The van der Waals surface area contributed by atoms with Gasteiger partial charge in [-0.2, -0.15) is 0 Å². The predicted octanol–water partition coefficient (Wildman–Crippen LogP) is 5.09. The predicted molar refractivity (Wildman–Crippen MR) is 122 cm³/mol. The first-order valence-corrected chi connectivity index (χ1v) is 11.2. The highest BCUT2D eigenvalue weighted by molar-refractivity contribution is 6.30. The fourth-order valence-electron chi connectivity index (χ4n) is 4.18. The molecule has 164 valence electrons. The van der Waals surface area contributed by atoms with Crippen molar-refractivity contribution in [1.29, 1.82) is 0 Å². The van der Waals surface area contributed by atoms with Crippen molar-refractivity contribution in [2.75, 3.05) is 40.0 Å². The second kappa shape index (κ2) is 10.6. The van der Waals surface area contributed by atoms with Crippen LogP contribution in [-0.2, 0) is 10.3 Å². The summed E-state index contributed by atoms with van der Waals surface area (Å²) >= 11 is 6.17. The number of aliphatic hydroxyl groups is 1. The van der Waals surface area contributed by atoms with Gasteiger partial charge in [0.2, 0.25) is 0 Å². The van der Waals surface area contributed by atoms with Crippen LogP contribution in [0.2, 0.25) is 5.02 Å². The molecule has 0 bridgehead atoms. The normalized spacial score (nSPS) is 18.2. The van der Waals surface area contributed by atoms with Gasteiger partial charge in [0.05, 0.1) is 25.9 Å². The number of hydrogen-bond donors (Lipinski definition) is 1. The first-order valence-electron chi connectivity index (χ1n) is 10.8. The molecule has 1 saturated heterocycles. The molecule has 1 aliphatic heterocycles. The Labute approximate surface area is 185 Å². The molecule has 30 heavy (non-hydrogen) atoms. The number of hydrogen-bond acceptors (Lipinski definition) is 4. The molecular weight excluding hydrogens is 398 g/mol.